The summed E-state index contributed by atoms with van der Waals surface area (Å²) >= 11 is 0. The van der Waals surface area contributed by atoms with Crippen molar-refractivity contribution in [1.82, 2.24) is 15.2 Å². The van der Waals surface area contributed by atoms with Crippen molar-refractivity contribution in [2.75, 3.05) is 26.2 Å². The highest BCUT2D eigenvalue weighted by Crippen LogP contribution is 2.25. The summed E-state index contributed by atoms with van der Waals surface area (Å²) in [5.74, 6) is -0.350. The maximum atomic E-state index is 12.7. The van der Waals surface area contributed by atoms with Crippen LogP contribution in [0.5, 0.6) is 5.88 Å². The number of nitrogens with zero attached hydrogens (tertiary/aromatic N) is 2. The van der Waals surface area contributed by atoms with Crippen molar-refractivity contribution < 1.29 is 24.5 Å². The second-order valence-corrected chi connectivity index (χ2v) is 5.82. The van der Waals surface area contributed by atoms with E-state index in [0.29, 0.717) is 12.2 Å². The maximum Gasteiger partial charge on any atom is 0.259 e. The summed E-state index contributed by atoms with van der Waals surface area (Å²) in [6, 6.07) is 3.26. The Labute approximate surface area is 140 Å². The Morgan fingerprint density at radius 3 is 2.92 bits per heavy atom. The number of rotatable bonds is 5. The van der Waals surface area contributed by atoms with Crippen molar-refractivity contribution in [1.29, 1.82) is 0 Å². The van der Waals surface area contributed by atoms with E-state index in [2.05, 4.69) is 10.3 Å². The SMILES string of the molecule is CCOc1ncccc1C(=O)N1CC[C@@](O)(CNC(C)=O)[C@H](O)C1. The fraction of sp³-hybridized carbons (Fsp3) is 0.562. The number of likely N-dealkylation sites (tertiary alicyclic amines) is 1. The van der Waals surface area contributed by atoms with Crippen LogP contribution < -0.4 is 10.1 Å². The van der Waals surface area contributed by atoms with Crippen LogP contribution in [-0.2, 0) is 4.79 Å². The zero-order chi connectivity index (χ0) is 17.7. The van der Waals surface area contributed by atoms with Gasteiger partial charge >= 0.3 is 0 Å². The monoisotopic (exact) mass is 337 g/mol. The van der Waals surface area contributed by atoms with Gasteiger partial charge in [-0.25, -0.2) is 4.98 Å². The highest BCUT2D eigenvalue weighted by molar-refractivity contribution is 5.96. The number of pyridine rings is 1. The van der Waals surface area contributed by atoms with Crippen LogP contribution in [-0.4, -0.2) is 69.9 Å². The first-order chi connectivity index (χ1) is 11.4. The molecule has 1 aliphatic rings. The van der Waals surface area contributed by atoms with Gasteiger partial charge in [-0.3, -0.25) is 9.59 Å². The van der Waals surface area contributed by atoms with Gasteiger partial charge in [-0.2, -0.15) is 0 Å². The highest BCUT2D eigenvalue weighted by Gasteiger charge is 2.42. The van der Waals surface area contributed by atoms with E-state index < -0.39 is 11.7 Å². The van der Waals surface area contributed by atoms with Gasteiger partial charge in [-0.15, -0.1) is 0 Å². The fourth-order valence-corrected chi connectivity index (χ4v) is 2.61. The van der Waals surface area contributed by atoms with Crippen LogP contribution in [0.2, 0.25) is 0 Å². The van der Waals surface area contributed by atoms with Gasteiger partial charge in [0.2, 0.25) is 11.8 Å². The van der Waals surface area contributed by atoms with Crippen LogP contribution in [0.25, 0.3) is 0 Å². The number of aliphatic hydroxyl groups excluding tert-OH is 1. The smallest absolute Gasteiger partial charge is 0.259 e. The summed E-state index contributed by atoms with van der Waals surface area (Å²) in [6.07, 6.45) is 0.540. The van der Waals surface area contributed by atoms with Crippen LogP contribution in [0.3, 0.4) is 0 Å². The molecule has 1 aromatic rings. The van der Waals surface area contributed by atoms with Crippen LogP contribution in [0, 0.1) is 0 Å². The van der Waals surface area contributed by atoms with E-state index >= 15 is 0 Å². The topological polar surface area (TPSA) is 112 Å². The molecule has 2 rings (SSSR count). The van der Waals surface area contributed by atoms with Crippen molar-refractivity contribution in [3.05, 3.63) is 23.9 Å². The average Bonchev–Trinajstić information content (AvgIpc) is 2.56. The Morgan fingerprint density at radius 1 is 1.54 bits per heavy atom. The van der Waals surface area contributed by atoms with Gasteiger partial charge in [0.1, 0.15) is 17.3 Å². The predicted molar refractivity (Wildman–Crippen MR) is 85.6 cm³/mol. The molecule has 0 aliphatic carbocycles. The molecular formula is C16H23N3O5. The first kappa shape index (κ1) is 18.2. The zero-order valence-corrected chi connectivity index (χ0v) is 13.9. The Balaban J connectivity index is 2.08. The molecule has 0 bridgehead atoms. The average molecular weight is 337 g/mol. The van der Waals surface area contributed by atoms with Gasteiger partial charge in [0, 0.05) is 32.8 Å². The molecule has 1 saturated heterocycles. The molecule has 0 saturated carbocycles. The minimum Gasteiger partial charge on any atom is -0.477 e. The lowest BCUT2D eigenvalue weighted by atomic mass is 9.88. The van der Waals surface area contributed by atoms with Crippen molar-refractivity contribution in [2.24, 2.45) is 0 Å². The zero-order valence-electron chi connectivity index (χ0n) is 13.9. The number of ether oxygens (including phenoxy) is 1. The highest BCUT2D eigenvalue weighted by atomic mass is 16.5. The van der Waals surface area contributed by atoms with Gasteiger partial charge in [0.05, 0.1) is 6.61 Å². The molecular weight excluding hydrogens is 314 g/mol. The van der Waals surface area contributed by atoms with Gasteiger partial charge in [0.25, 0.3) is 5.91 Å². The summed E-state index contributed by atoms with van der Waals surface area (Å²) in [6.45, 7) is 3.70. The predicted octanol–water partition coefficient (Wildman–Crippen LogP) is -0.446. The van der Waals surface area contributed by atoms with Gasteiger partial charge in [-0.05, 0) is 25.5 Å². The third-order valence-electron chi connectivity index (χ3n) is 4.04. The van der Waals surface area contributed by atoms with Crippen LogP contribution >= 0.6 is 0 Å². The Bertz CT molecular complexity index is 609. The number of β-amino-alcohol motifs (C(OH)–C–C–N with tert-alkyl or cyclic N) is 1. The van der Waals surface area contributed by atoms with Gasteiger partial charge < -0.3 is 25.2 Å². The second kappa shape index (κ2) is 7.59. The van der Waals surface area contributed by atoms with Crippen LogP contribution in [0.4, 0.5) is 0 Å². The summed E-state index contributed by atoms with van der Waals surface area (Å²) in [5, 5.41) is 23.2. The molecule has 2 heterocycles. The minimum absolute atomic E-state index is 0.0324. The number of aromatic nitrogens is 1. The molecule has 2 atom stereocenters. The van der Waals surface area contributed by atoms with Crippen molar-refractivity contribution >= 4 is 11.8 Å². The number of piperidine rings is 1. The lowest BCUT2D eigenvalue weighted by molar-refractivity contribution is -0.127. The lowest BCUT2D eigenvalue weighted by Gasteiger charge is -2.42. The molecule has 3 N–H and O–H groups in total. The molecule has 24 heavy (non-hydrogen) atoms. The Morgan fingerprint density at radius 2 is 2.29 bits per heavy atom. The fourth-order valence-electron chi connectivity index (χ4n) is 2.61. The first-order valence-electron chi connectivity index (χ1n) is 7.89. The first-order valence-corrected chi connectivity index (χ1v) is 7.89. The third kappa shape index (κ3) is 4.01. The van der Waals surface area contributed by atoms with E-state index in [1.807, 2.05) is 0 Å². The van der Waals surface area contributed by atoms with Crippen molar-refractivity contribution in [2.45, 2.75) is 32.0 Å². The molecule has 8 heteroatoms. The Kier molecular flexibility index (Phi) is 5.74. The Hall–Kier alpha value is -2.19. The van der Waals surface area contributed by atoms with Crippen LogP contribution in [0.1, 0.15) is 30.6 Å². The van der Waals surface area contributed by atoms with E-state index in [-0.39, 0.29) is 43.7 Å². The van der Waals surface area contributed by atoms with Crippen molar-refractivity contribution in [3.63, 3.8) is 0 Å². The van der Waals surface area contributed by atoms with Gasteiger partial charge in [-0.1, -0.05) is 0 Å². The molecule has 0 unspecified atom stereocenters. The summed E-state index contributed by atoms with van der Waals surface area (Å²) < 4.78 is 5.36. The molecule has 8 nitrogen and oxygen atoms in total. The number of aliphatic hydroxyl groups is 2. The molecule has 0 radical (unpaired) electrons. The van der Waals surface area contributed by atoms with E-state index in [1.165, 1.54) is 11.8 Å². The number of hydrogen-bond acceptors (Lipinski definition) is 6. The molecule has 132 valence electrons. The standard InChI is InChI=1S/C16H23N3O5/c1-3-24-14-12(5-4-7-17-14)15(22)19-8-6-16(23,13(21)9-19)10-18-11(2)20/h4-5,7,13,21,23H,3,6,8-10H2,1-2H3,(H,18,20)/t13-,16-/m1/s1. The second-order valence-electron chi connectivity index (χ2n) is 5.82. The van der Waals surface area contributed by atoms with E-state index in [1.54, 1.807) is 25.3 Å². The number of nitrogens with one attached hydrogen (secondary N) is 1. The maximum absolute atomic E-state index is 12.7. The van der Waals surface area contributed by atoms with Gasteiger partial charge in [0.15, 0.2) is 0 Å². The molecule has 1 aromatic heterocycles. The summed E-state index contributed by atoms with van der Waals surface area (Å²) in [5.41, 5.74) is -1.13. The normalized spacial score (nSPS) is 23.7. The number of amides is 2. The lowest BCUT2D eigenvalue weighted by Crippen LogP contribution is -2.61. The van der Waals surface area contributed by atoms with E-state index in [9.17, 15) is 19.8 Å². The number of hydrogen-bond donors (Lipinski definition) is 3. The van der Waals surface area contributed by atoms with Crippen LogP contribution in [0.15, 0.2) is 18.3 Å². The number of carbonyl (C=O) groups is 2. The summed E-state index contributed by atoms with van der Waals surface area (Å²) in [4.78, 5) is 29.2. The molecule has 1 fully saturated rings. The third-order valence-corrected chi connectivity index (χ3v) is 4.04. The molecule has 1 aliphatic heterocycles. The molecule has 2 amide bonds. The van der Waals surface area contributed by atoms with Crippen molar-refractivity contribution in [3.8, 4) is 5.88 Å². The number of carbonyl (C=O) groups excluding carboxylic acids is 2. The molecule has 0 aromatic carbocycles. The van der Waals surface area contributed by atoms with E-state index in [4.69, 9.17) is 4.74 Å². The molecule has 0 spiro atoms. The van der Waals surface area contributed by atoms with E-state index in [0.717, 1.165) is 0 Å². The minimum atomic E-state index is -1.44. The summed E-state index contributed by atoms with van der Waals surface area (Å²) in [7, 11) is 0. The quantitative estimate of drug-likeness (QED) is 0.671. The largest absolute Gasteiger partial charge is 0.477 e.